The molecule has 0 aliphatic rings. The molecule has 0 amide bonds. The van der Waals surface area contributed by atoms with Gasteiger partial charge in [-0.2, -0.15) is 0 Å². The first-order chi connectivity index (χ1) is 10.7. The summed E-state index contributed by atoms with van der Waals surface area (Å²) in [5.41, 5.74) is -0.0624. The standard InChI is InChI=1S/C17H19NO5/c1-5-22-15(20)14(19)12-10-18(16(21)23-17(2,3)4)13-9-7-6-8-11(12)13/h6-10H,5H2,1-4H3. The van der Waals surface area contributed by atoms with E-state index in [9.17, 15) is 14.4 Å². The molecule has 0 spiro atoms. The highest BCUT2D eigenvalue weighted by Gasteiger charge is 2.26. The van der Waals surface area contributed by atoms with Crippen LogP contribution in [0.25, 0.3) is 10.9 Å². The topological polar surface area (TPSA) is 74.6 Å². The molecule has 1 aromatic heterocycles. The molecule has 0 bridgehead atoms. The van der Waals surface area contributed by atoms with Gasteiger partial charge in [-0.15, -0.1) is 0 Å². The minimum absolute atomic E-state index is 0.106. The zero-order valence-corrected chi connectivity index (χ0v) is 13.6. The number of hydrogen-bond donors (Lipinski definition) is 0. The third-order valence-corrected chi connectivity index (χ3v) is 3.01. The number of para-hydroxylation sites is 1. The monoisotopic (exact) mass is 317 g/mol. The maximum Gasteiger partial charge on any atom is 0.419 e. The molecule has 1 aromatic carbocycles. The fourth-order valence-electron chi connectivity index (χ4n) is 2.13. The van der Waals surface area contributed by atoms with Crippen LogP contribution in [0.2, 0.25) is 0 Å². The molecule has 0 aliphatic heterocycles. The lowest BCUT2D eigenvalue weighted by Crippen LogP contribution is -2.26. The van der Waals surface area contributed by atoms with Gasteiger partial charge >= 0.3 is 12.1 Å². The van der Waals surface area contributed by atoms with Gasteiger partial charge in [-0.1, -0.05) is 18.2 Å². The predicted octanol–water partition coefficient (Wildman–Crippen LogP) is 3.17. The van der Waals surface area contributed by atoms with Gasteiger partial charge in [0.1, 0.15) is 5.60 Å². The summed E-state index contributed by atoms with van der Waals surface area (Å²) in [7, 11) is 0. The second-order valence-electron chi connectivity index (χ2n) is 5.96. The first kappa shape index (κ1) is 16.7. The Morgan fingerprint density at radius 2 is 1.78 bits per heavy atom. The van der Waals surface area contributed by atoms with Gasteiger partial charge in [-0.05, 0) is 33.8 Å². The maximum atomic E-state index is 12.3. The van der Waals surface area contributed by atoms with Crippen LogP contribution in [-0.2, 0) is 14.3 Å². The fraction of sp³-hybridized carbons (Fsp3) is 0.353. The fourth-order valence-corrected chi connectivity index (χ4v) is 2.13. The highest BCUT2D eigenvalue weighted by atomic mass is 16.6. The number of esters is 1. The van der Waals surface area contributed by atoms with E-state index in [4.69, 9.17) is 9.47 Å². The summed E-state index contributed by atoms with van der Waals surface area (Å²) in [4.78, 5) is 36.2. The van der Waals surface area contributed by atoms with Gasteiger partial charge in [0.05, 0.1) is 17.7 Å². The van der Waals surface area contributed by atoms with E-state index in [-0.39, 0.29) is 12.2 Å². The molecule has 1 heterocycles. The highest BCUT2D eigenvalue weighted by Crippen LogP contribution is 2.23. The number of benzene rings is 1. The van der Waals surface area contributed by atoms with Crippen LogP contribution in [0.5, 0.6) is 0 Å². The number of aromatic nitrogens is 1. The zero-order chi connectivity index (χ0) is 17.2. The van der Waals surface area contributed by atoms with Crippen molar-refractivity contribution in [2.45, 2.75) is 33.3 Å². The quantitative estimate of drug-likeness (QED) is 0.494. The van der Waals surface area contributed by atoms with Crippen LogP contribution in [0.15, 0.2) is 30.5 Å². The second kappa shape index (κ2) is 6.24. The number of hydrogen-bond acceptors (Lipinski definition) is 5. The summed E-state index contributed by atoms with van der Waals surface area (Å²) in [5, 5.41) is 0.497. The van der Waals surface area contributed by atoms with Gasteiger partial charge in [0.15, 0.2) is 0 Å². The Labute approximate surface area is 134 Å². The molecule has 0 fully saturated rings. The van der Waals surface area contributed by atoms with Gasteiger partial charge in [0.2, 0.25) is 0 Å². The normalized spacial score (nSPS) is 11.3. The Kier molecular flexibility index (Phi) is 4.54. The average Bonchev–Trinajstić information content (AvgIpc) is 2.84. The lowest BCUT2D eigenvalue weighted by Gasteiger charge is -2.19. The van der Waals surface area contributed by atoms with E-state index >= 15 is 0 Å². The summed E-state index contributed by atoms with van der Waals surface area (Å²) < 4.78 is 11.3. The molecule has 0 saturated carbocycles. The number of Topliss-reactive ketones (excluding diaryl/α,β-unsaturated/α-hetero) is 1. The van der Waals surface area contributed by atoms with Crippen molar-refractivity contribution in [3.05, 3.63) is 36.0 Å². The van der Waals surface area contributed by atoms with Crippen LogP contribution in [0, 0.1) is 0 Å². The maximum absolute atomic E-state index is 12.3. The average molecular weight is 317 g/mol. The summed E-state index contributed by atoms with van der Waals surface area (Å²) in [5.74, 6) is -1.73. The molecule has 0 unspecified atom stereocenters. The first-order valence-electron chi connectivity index (χ1n) is 7.29. The molecule has 23 heavy (non-hydrogen) atoms. The second-order valence-corrected chi connectivity index (χ2v) is 5.96. The molecule has 122 valence electrons. The van der Waals surface area contributed by atoms with Crippen molar-refractivity contribution < 1.29 is 23.9 Å². The lowest BCUT2D eigenvalue weighted by atomic mass is 10.1. The highest BCUT2D eigenvalue weighted by molar-refractivity contribution is 6.43. The largest absolute Gasteiger partial charge is 0.460 e. The van der Waals surface area contributed by atoms with E-state index < -0.39 is 23.4 Å². The third kappa shape index (κ3) is 3.59. The van der Waals surface area contributed by atoms with Crippen LogP contribution in [0.3, 0.4) is 0 Å². The molecule has 2 rings (SSSR count). The molecule has 0 aliphatic carbocycles. The molecule has 0 N–H and O–H groups in total. The number of ketones is 1. The number of fused-ring (bicyclic) bond motifs is 1. The number of rotatable bonds is 3. The molecule has 0 radical (unpaired) electrons. The van der Waals surface area contributed by atoms with Gasteiger partial charge in [0, 0.05) is 11.6 Å². The van der Waals surface area contributed by atoms with Crippen LogP contribution >= 0.6 is 0 Å². The molecule has 6 nitrogen and oxygen atoms in total. The van der Waals surface area contributed by atoms with Gasteiger partial charge < -0.3 is 9.47 Å². The Morgan fingerprint density at radius 1 is 1.13 bits per heavy atom. The van der Waals surface area contributed by atoms with Crippen LogP contribution in [-0.4, -0.2) is 34.6 Å². The summed E-state index contributed by atoms with van der Waals surface area (Å²) in [6.07, 6.45) is 0.703. The number of ether oxygens (including phenoxy) is 2. The number of carbonyl (C=O) groups is 3. The summed E-state index contributed by atoms with van der Waals surface area (Å²) in [6, 6.07) is 6.81. The minimum atomic E-state index is -0.945. The van der Waals surface area contributed by atoms with E-state index in [0.717, 1.165) is 0 Å². The Morgan fingerprint density at radius 3 is 2.39 bits per heavy atom. The van der Waals surface area contributed by atoms with Crippen molar-refractivity contribution >= 4 is 28.7 Å². The molecular weight excluding hydrogens is 298 g/mol. The van der Waals surface area contributed by atoms with Gasteiger partial charge in [0.25, 0.3) is 5.78 Å². The molecule has 0 saturated heterocycles. The van der Waals surface area contributed by atoms with E-state index in [2.05, 4.69) is 0 Å². The molecule has 6 heteroatoms. The van der Waals surface area contributed by atoms with Crippen molar-refractivity contribution in [3.63, 3.8) is 0 Å². The molecular formula is C17H19NO5. The van der Waals surface area contributed by atoms with E-state index in [1.165, 1.54) is 10.8 Å². The summed E-state index contributed by atoms with van der Waals surface area (Å²) >= 11 is 0. The third-order valence-electron chi connectivity index (χ3n) is 3.01. The summed E-state index contributed by atoms with van der Waals surface area (Å²) in [6.45, 7) is 6.98. The minimum Gasteiger partial charge on any atom is -0.460 e. The Bertz CT molecular complexity index is 767. The SMILES string of the molecule is CCOC(=O)C(=O)c1cn(C(=O)OC(C)(C)C)c2ccccc12. The van der Waals surface area contributed by atoms with Crippen LogP contribution < -0.4 is 0 Å². The van der Waals surface area contributed by atoms with Gasteiger partial charge in [-0.25, -0.2) is 9.59 Å². The predicted molar refractivity (Wildman–Crippen MR) is 84.5 cm³/mol. The van der Waals surface area contributed by atoms with Crippen molar-refractivity contribution in [2.75, 3.05) is 6.61 Å². The van der Waals surface area contributed by atoms with Crippen molar-refractivity contribution in [2.24, 2.45) is 0 Å². The molecule has 2 aromatic rings. The van der Waals surface area contributed by atoms with E-state index in [1.807, 2.05) is 0 Å². The Hall–Kier alpha value is -2.63. The Balaban J connectivity index is 2.50. The van der Waals surface area contributed by atoms with E-state index in [1.54, 1.807) is 52.0 Å². The number of carbonyl (C=O) groups excluding carboxylic acids is 3. The number of nitrogens with zero attached hydrogens (tertiary/aromatic N) is 1. The first-order valence-corrected chi connectivity index (χ1v) is 7.29. The lowest BCUT2D eigenvalue weighted by molar-refractivity contribution is -0.137. The van der Waals surface area contributed by atoms with Crippen molar-refractivity contribution in [1.29, 1.82) is 0 Å². The van der Waals surface area contributed by atoms with Crippen molar-refractivity contribution in [1.82, 2.24) is 4.57 Å². The van der Waals surface area contributed by atoms with E-state index in [0.29, 0.717) is 10.9 Å². The zero-order valence-electron chi connectivity index (χ0n) is 13.6. The van der Waals surface area contributed by atoms with Crippen molar-refractivity contribution in [3.8, 4) is 0 Å². The van der Waals surface area contributed by atoms with Crippen LogP contribution in [0.1, 0.15) is 38.1 Å². The smallest absolute Gasteiger partial charge is 0.419 e. The van der Waals surface area contributed by atoms with Gasteiger partial charge in [-0.3, -0.25) is 9.36 Å². The molecule has 0 atom stereocenters. The van der Waals surface area contributed by atoms with Crippen LogP contribution in [0.4, 0.5) is 4.79 Å².